The van der Waals surface area contributed by atoms with E-state index in [0.29, 0.717) is 19.4 Å². The summed E-state index contributed by atoms with van der Waals surface area (Å²) in [4.78, 5) is 49.1. The summed E-state index contributed by atoms with van der Waals surface area (Å²) in [5, 5.41) is 12.1. The third-order valence-electron chi connectivity index (χ3n) is 13.4. The number of ether oxygens (including phenoxy) is 5. The summed E-state index contributed by atoms with van der Waals surface area (Å²) in [7, 11) is 0. The molecule has 11 heteroatoms. The minimum Gasteiger partial charge on any atom is -0.465 e. The molecular weight excluding hydrogens is 592 g/mol. The number of aliphatic hydroxyl groups is 1. The van der Waals surface area contributed by atoms with Crippen LogP contribution in [-0.4, -0.2) is 96.4 Å². The number of unbranched alkanes of at least 4 members (excludes halogenated alkanes) is 3. The Morgan fingerprint density at radius 3 is 2.61 bits per heavy atom. The van der Waals surface area contributed by atoms with Crippen molar-refractivity contribution in [3.63, 3.8) is 0 Å². The van der Waals surface area contributed by atoms with E-state index in [2.05, 4.69) is 23.0 Å². The summed E-state index contributed by atoms with van der Waals surface area (Å²) < 4.78 is 31.2. The quantitative estimate of drug-likeness (QED) is 0.183. The zero-order valence-electron chi connectivity index (χ0n) is 27.3. The van der Waals surface area contributed by atoms with Gasteiger partial charge in [0.25, 0.3) is 0 Å². The van der Waals surface area contributed by atoms with Crippen LogP contribution < -0.4 is 0 Å². The average Bonchev–Trinajstić information content (AvgIpc) is 3.26. The number of Topliss-reactive ketones (excluding diaryl/α,β-unsaturated/α-hetero) is 1. The van der Waals surface area contributed by atoms with Gasteiger partial charge in [-0.1, -0.05) is 39.2 Å². The normalized spacial score (nSPS) is 47.9. The summed E-state index contributed by atoms with van der Waals surface area (Å²) in [6.07, 6.45) is 7.53. The Bertz CT molecular complexity index is 1450. The first-order valence-corrected chi connectivity index (χ1v) is 17.2. The second kappa shape index (κ2) is 10.3. The highest BCUT2D eigenvalue weighted by Crippen LogP contribution is 2.79. The van der Waals surface area contributed by atoms with Crippen LogP contribution in [0.5, 0.6) is 0 Å². The first kappa shape index (κ1) is 30.8. The van der Waals surface area contributed by atoms with Crippen molar-refractivity contribution in [1.29, 1.82) is 0 Å². The van der Waals surface area contributed by atoms with Gasteiger partial charge in [0, 0.05) is 22.0 Å². The lowest BCUT2D eigenvalue weighted by Crippen LogP contribution is -2.77. The minimum absolute atomic E-state index is 0.0532. The Hall–Kier alpha value is -2.47. The molecule has 6 aliphatic heterocycles. The van der Waals surface area contributed by atoms with Gasteiger partial charge in [-0.3, -0.25) is 14.6 Å². The van der Waals surface area contributed by atoms with Crippen LogP contribution >= 0.6 is 0 Å². The molecule has 8 aliphatic rings. The smallest absolute Gasteiger partial charge is 0.339 e. The van der Waals surface area contributed by atoms with Crippen molar-refractivity contribution in [2.45, 2.75) is 127 Å². The number of nitrogens with zero attached hydrogens (tertiary/aromatic N) is 2. The van der Waals surface area contributed by atoms with Crippen molar-refractivity contribution >= 4 is 29.8 Å². The molecule has 0 aromatic carbocycles. The van der Waals surface area contributed by atoms with Crippen molar-refractivity contribution in [1.82, 2.24) is 0 Å². The number of aliphatic imine (C=N–C) groups is 2. The van der Waals surface area contributed by atoms with Gasteiger partial charge in [0.05, 0.1) is 43.3 Å². The topological polar surface area (TPSA) is 146 Å². The molecular formula is C35H46N2O9. The zero-order valence-corrected chi connectivity index (χ0v) is 27.3. The number of rotatable bonds is 8. The summed E-state index contributed by atoms with van der Waals surface area (Å²) in [6.45, 7) is 9.00. The van der Waals surface area contributed by atoms with E-state index in [0.717, 1.165) is 56.4 Å². The highest BCUT2D eigenvalue weighted by molar-refractivity contribution is 5.96. The maximum atomic E-state index is 14.4. The third kappa shape index (κ3) is 3.83. The third-order valence-corrected chi connectivity index (χ3v) is 13.4. The first-order chi connectivity index (χ1) is 21.9. The summed E-state index contributed by atoms with van der Waals surface area (Å²) in [6, 6.07) is 0. The Balaban J connectivity index is 1.07. The van der Waals surface area contributed by atoms with E-state index >= 15 is 0 Å². The van der Waals surface area contributed by atoms with Crippen molar-refractivity contribution in [3.05, 3.63) is 11.6 Å². The average molecular weight is 639 g/mol. The molecule has 6 heterocycles. The van der Waals surface area contributed by atoms with Crippen LogP contribution in [0.1, 0.15) is 85.5 Å². The molecule has 0 amide bonds. The van der Waals surface area contributed by atoms with E-state index in [-0.39, 0.29) is 36.8 Å². The number of aliphatic hydroxyl groups excluding tert-OH is 1. The molecule has 6 fully saturated rings. The molecule has 0 aromatic heterocycles. The van der Waals surface area contributed by atoms with Crippen LogP contribution in [0.25, 0.3) is 0 Å². The second-order valence-corrected chi connectivity index (χ2v) is 15.9. The molecule has 2 aliphatic carbocycles. The monoisotopic (exact) mass is 638 g/mol. The molecule has 46 heavy (non-hydrogen) atoms. The van der Waals surface area contributed by atoms with Gasteiger partial charge in [0.2, 0.25) is 0 Å². The van der Waals surface area contributed by atoms with Crippen molar-refractivity contribution in [3.8, 4) is 0 Å². The van der Waals surface area contributed by atoms with Crippen LogP contribution in [0, 0.1) is 28.1 Å². The lowest BCUT2D eigenvalue weighted by molar-refractivity contribution is -0.248. The number of carbonyl (C=O) groups excluding carboxylic acids is 3. The molecule has 0 aromatic rings. The van der Waals surface area contributed by atoms with Crippen molar-refractivity contribution < 1.29 is 43.2 Å². The van der Waals surface area contributed by atoms with Gasteiger partial charge in [-0.2, -0.15) is 0 Å². The van der Waals surface area contributed by atoms with Crippen LogP contribution in [0.3, 0.4) is 0 Å². The maximum Gasteiger partial charge on any atom is 0.339 e. The standard InChI is InChI=1S/C35H46N2O9/c1-31(2)26-25(39)27(40)33(4)22(34(26)17-43-24(38)15-23(34)45-31)11-13-32(3)28(44-30(41)29-35(32,33)46-29)20-12-14-42-21(20)10-8-6-5-7-9-19-16-36-18-37-19/h12,18,21-23,26-29,40H,5-11,13-17H2,1-4H3/t21?,22-,23-,26+,27+,28-,29+,32-,33-,34-,35+/m0/s1. The van der Waals surface area contributed by atoms with Gasteiger partial charge in [-0.05, 0) is 57.4 Å². The zero-order chi connectivity index (χ0) is 32.3. The molecule has 11 nitrogen and oxygen atoms in total. The summed E-state index contributed by atoms with van der Waals surface area (Å²) in [5.41, 5.74) is -2.55. The summed E-state index contributed by atoms with van der Waals surface area (Å²) >= 11 is 0. The molecule has 2 spiro atoms. The maximum absolute atomic E-state index is 14.4. The minimum atomic E-state index is -1.38. The van der Waals surface area contributed by atoms with Gasteiger partial charge >= 0.3 is 11.9 Å². The van der Waals surface area contributed by atoms with E-state index in [4.69, 9.17) is 23.7 Å². The number of epoxide rings is 1. The van der Waals surface area contributed by atoms with E-state index in [1.165, 1.54) is 0 Å². The molecule has 0 bridgehead atoms. The number of cyclic esters (lactones) is 2. The van der Waals surface area contributed by atoms with Gasteiger partial charge in [-0.15, -0.1) is 0 Å². The predicted molar refractivity (Wildman–Crippen MR) is 164 cm³/mol. The largest absolute Gasteiger partial charge is 0.465 e. The Labute approximate surface area is 269 Å². The highest BCUT2D eigenvalue weighted by Gasteiger charge is 2.90. The molecule has 0 radical (unpaired) electrons. The fraction of sp³-hybridized carbons (Fsp3) is 0.800. The molecule has 250 valence electrons. The number of hydrogen-bond donors (Lipinski definition) is 1. The van der Waals surface area contributed by atoms with Gasteiger partial charge in [0.15, 0.2) is 11.9 Å². The van der Waals surface area contributed by atoms with Gasteiger partial charge in [-0.25, -0.2) is 9.79 Å². The summed E-state index contributed by atoms with van der Waals surface area (Å²) in [5.74, 6) is -2.05. The highest BCUT2D eigenvalue weighted by atomic mass is 16.7. The lowest BCUT2D eigenvalue weighted by Gasteiger charge is -2.66. The molecule has 11 atom stereocenters. The van der Waals surface area contributed by atoms with Gasteiger partial charge < -0.3 is 28.8 Å². The number of esters is 2. The van der Waals surface area contributed by atoms with Crippen LogP contribution in [0.2, 0.25) is 0 Å². The Kier molecular flexibility index (Phi) is 6.88. The van der Waals surface area contributed by atoms with Crippen molar-refractivity contribution in [2.75, 3.05) is 19.8 Å². The van der Waals surface area contributed by atoms with E-state index in [1.807, 2.05) is 20.8 Å². The molecule has 8 rings (SSSR count). The van der Waals surface area contributed by atoms with Crippen LogP contribution in [-0.2, 0) is 38.1 Å². The molecule has 1 unspecified atom stereocenters. The van der Waals surface area contributed by atoms with E-state index in [9.17, 15) is 19.5 Å². The molecule has 4 saturated heterocycles. The lowest BCUT2D eigenvalue weighted by atomic mass is 9.36. The molecule has 1 N–H and O–H groups in total. The number of carbonyl (C=O) groups is 3. The van der Waals surface area contributed by atoms with Gasteiger partial charge in [0.1, 0.15) is 30.8 Å². The van der Waals surface area contributed by atoms with E-state index < -0.39 is 63.8 Å². The Morgan fingerprint density at radius 2 is 1.83 bits per heavy atom. The van der Waals surface area contributed by atoms with Crippen molar-refractivity contribution in [2.24, 2.45) is 38.1 Å². The fourth-order valence-electron chi connectivity index (χ4n) is 11.6. The predicted octanol–water partition coefficient (Wildman–Crippen LogP) is 3.29. The fourth-order valence-corrected chi connectivity index (χ4v) is 11.6. The Morgan fingerprint density at radius 1 is 1.02 bits per heavy atom. The number of hydrogen-bond acceptors (Lipinski definition) is 11. The van der Waals surface area contributed by atoms with Crippen LogP contribution in [0.15, 0.2) is 21.6 Å². The first-order valence-electron chi connectivity index (χ1n) is 17.2. The molecule has 2 saturated carbocycles. The SMILES string of the molecule is CC1(C)O[C@H]2CC(=O)OC[C@@]23[C@@H]1C(=O)[C@@H](O)[C@]1(C)[C@@H]3CC[C@@]2(C)[C@H](C3=CCOC3CCCCCCC3=NC=NC3)OC(=O)[C@H]3O[C@@]312. The second-order valence-electron chi connectivity index (χ2n) is 15.9. The van der Waals surface area contributed by atoms with E-state index in [1.54, 1.807) is 6.34 Å². The number of ketones is 1. The van der Waals surface area contributed by atoms with Crippen LogP contribution in [0.4, 0.5) is 0 Å². The number of fused-ring (bicyclic) bond motifs is 1.